The molecule has 4 aromatic rings. The molecular formula is C27H20NO6P. The van der Waals surface area contributed by atoms with E-state index in [4.69, 9.17) is 0 Å². The molecule has 0 atom stereocenters. The zero-order valence-corrected chi connectivity index (χ0v) is 19.2. The molecular weight excluding hydrogens is 465 g/mol. The maximum atomic E-state index is 14.4. The number of carboxylic acid groups (broad SMARTS) is 2. The van der Waals surface area contributed by atoms with E-state index in [9.17, 15) is 29.2 Å². The van der Waals surface area contributed by atoms with Crippen LogP contribution < -0.4 is 21.2 Å². The van der Waals surface area contributed by atoms with Crippen LogP contribution in [-0.4, -0.2) is 28.1 Å². The number of carboxylic acids is 2. The number of nitrogens with one attached hydrogen (secondary N) is 1. The lowest BCUT2D eigenvalue weighted by Crippen LogP contribution is -2.25. The summed E-state index contributed by atoms with van der Waals surface area (Å²) in [6, 6.07) is 27.9. The average Bonchev–Trinajstić information content (AvgIpc) is 2.89. The van der Waals surface area contributed by atoms with Crippen molar-refractivity contribution in [2.75, 3.05) is 5.32 Å². The fourth-order valence-electron chi connectivity index (χ4n) is 3.70. The standard InChI is InChI=1S/C27H20NO6P/c29-25(28-21-16-19(26(30)31)15-20(17-21)27(32)33)18-11-13-24(14-12-18)35(34,22-7-3-1-4-8-22)23-9-5-2-6-10-23/h1-17H,(H,28,29)(H,30,31)(H,32,33). The summed E-state index contributed by atoms with van der Waals surface area (Å²) in [6.07, 6.45) is 0. The first-order valence-electron chi connectivity index (χ1n) is 10.5. The SMILES string of the molecule is O=C(O)c1cc(NC(=O)c2ccc(P(=O)(c3ccccc3)c3ccccc3)cc2)cc(C(=O)O)c1. The largest absolute Gasteiger partial charge is 0.478 e. The number of hydrogen-bond acceptors (Lipinski definition) is 4. The van der Waals surface area contributed by atoms with Gasteiger partial charge in [0.05, 0.1) is 11.1 Å². The predicted octanol–water partition coefficient (Wildman–Crippen LogP) is 3.97. The monoisotopic (exact) mass is 485 g/mol. The number of carbonyl (C=O) groups excluding carboxylic acids is 1. The second-order valence-corrected chi connectivity index (χ2v) is 10.5. The minimum atomic E-state index is -3.19. The van der Waals surface area contributed by atoms with Crippen molar-refractivity contribution in [2.24, 2.45) is 0 Å². The minimum Gasteiger partial charge on any atom is -0.478 e. The van der Waals surface area contributed by atoms with Gasteiger partial charge in [0.25, 0.3) is 5.91 Å². The summed E-state index contributed by atoms with van der Waals surface area (Å²) in [5, 5.41) is 22.9. The molecule has 0 fully saturated rings. The molecule has 4 rings (SSSR count). The Labute approximate surface area is 201 Å². The molecule has 0 unspecified atom stereocenters. The Morgan fingerprint density at radius 3 is 1.43 bits per heavy atom. The second-order valence-electron chi connectivity index (χ2n) is 7.69. The van der Waals surface area contributed by atoms with Gasteiger partial charge < -0.3 is 20.1 Å². The van der Waals surface area contributed by atoms with Crippen LogP contribution in [0.2, 0.25) is 0 Å². The summed E-state index contributed by atoms with van der Waals surface area (Å²) in [6.45, 7) is 0. The van der Waals surface area contributed by atoms with Crippen molar-refractivity contribution in [2.45, 2.75) is 0 Å². The quantitative estimate of drug-likeness (QED) is 0.341. The van der Waals surface area contributed by atoms with Gasteiger partial charge in [-0.05, 0) is 30.3 Å². The normalized spacial score (nSPS) is 11.0. The Hall–Kier alpha value is -4.48. The fraction of sp³-hybridized carbons (Fsp3) is 0. The smallest absolute Gasteiger partial charge is 0.335 e. The van der Waals surface area contributed by atoms with Crippen LogP contribution in [0.25, 0.3) is 0 Å². The lowest BCUT2D eigenvalue weighted by Gasteiger charge is -2.20. The van der Waals surface area contributed by atoms with Crippen molar-refractivity contribution >= 4 is 46.6 Å². The number of anilines is 1. The van der Waals surface area contributed by atoms with Crippen molar-refractivity contribution in [3.63, 3.8) is 0 Å². The molecule has 0 aliphatic carbocycles. The number of hydrogen-bond donors (Lipinski definition) is 3. The molecule has 0 spiro atoms. The van der Waals surface area contributed by atoms with Crippen LogP contribution in [0.4, 0.5) is 5.69 Å². The minimum absolute atomic E-state index is 0.0376. The van der Waals surface area contributed by atoms with Gasteiger partial charge in [-0.15, -0.1) is 0 Å². The number of aromatic carboxylic acids is 2. The van der Waals surface area contributed by atoms with E-state index in [1.165, 1.54) is 24.3 Å². The van der Waals surface area contributed by atoms with E-state index in [1.807, 2.05) is 60.7 Å². The van der Waals surface area contributed by atoms with Gasteiger partial charge in [-0.3, -0.25) is 4.79 Å². The lowest BCUT2D eigenvalue weighted by atomic mass is 10.1. The molecule has 0 saturated heterocycles. The van der Waals surface area contributed by atoms with Gasteiger partial charge in [-0.2, -0.15) is 0 Å². The zero-order valence-electron chi connectivity index (χ0n) is 18.3. The number of benzene rings is 4. The van der Waals surface area contributed by atoms with Crippen LogP contribution in [0.3, 0.4) is 0 Å². The maximum Gasteiger partial charge on any atom is 0.335 e. The molecule has 0 saturated carbocycles. The van der Waals surface area contributed by atoms with E-state index < -0.39 is 25.0 Å². The summed E-state index contributed by atoms with van der Waals surface area (Å²) in [5.41, 5.74) is -0.251. The third-order valence-electron chi connectivity index (χ3n) is 5.42. The molecule has 0 bridgehead atoms. The molecule has 4 aromatic carbocycles. The first kappa shape index (κ1) is 23.7. The van der Waals surface area contributed by atoms with E-state index in [0.717, 1.165) is 6.07 Å². The second kappa shape index (κ2) is 9.79. The Morgan fingerprint density at radius 1 is 0.571 bits per heavy atom. The fourth-order valence-corrected chi connectivity index (χ4v) is 6.34. The summed E-state index contributed by atoms with van der Waals surface area (Å²) in [5.74, 6) is -3.19. The summed E-state index contributed by atoms with van der Waals surface area (Å²) in [4.78, 5) is 35.4. The first-order valence-corrected chi connectivity index (χ1v) is 12.2. The molecule has 0 aliphatic heterocycles. The summed E-state index contributed by atoms with van der Waals surface area (Å²) >= 11 is 0. The molecule has 0 heterocycles. The average molecular weight is 485 g/mol. The highest BCUT2D eigenvalue weighted by atomic mass is 31.2. The van der Waals surface area contributed by atoms with Crippen molar-refractivity contribution in [1.82, 2.24) is 0 Å². The van der Waals surface area contributed by atoms with E-state index in [1.54, 1.807) is 12.1 Å². The third-order valence-corrected chi connectivity index (χ3v) is 8.49. The Bertz CT molecular complexity index is 1370. The lowest BCUT2D eigenvalue weighted by molar-refractivity contribution is 0.0696. The summed E-state index contributed by atoms with van der Waals surface area (Å²) in [7, 11) is -3.19. The Morgan fingerprint density at radius 2 is 1.00 bits per heavy atom. The highest BCUT2D eigenvalue weighted by Gasteiger charge is 2.29. The van der Waals surface area contributed by atoms with Gasteiger partial charge >= 0.3 is 11.9 Å². The molecule has 0 radical (unpaired) electrons. The number of rotatable bonds is 7. The molecule has 7 nitrogen and oxygen atoms in total. The first-order chi connectivity index (χ1) is 16.8. The third kappa shape index (κ3) is 4.90. The van der Waals surface area contributed by atoms with Crippen LogP contribution in [0.1, 0.15) is 31.1 Å². The molecule has 0 aliphatic rings. The van der Waals surface area contributed by atoms with Crippen LogP contribution in [0, 0.1) is 0 Å². The number of amides is 1. The van der Waals surface area contributed by atoms with Crippen molar-refractivity contribution in [1.29, 1.82) is 0 Å². The Balaban J connectivity index is 1.67. The van der Waals surface area contributed by atoms with Gasteiger partial charge in [-0.25, -0.2) is 9.59 Å². The van der Waals surface area contributed by atoms with E-state index >= 15 is 0 Å². The van der Waals surface area contributed by atoms with E-state index in [2.05, 4.69) is 5.32 Å². The molecule has 1 amide bonds. The van der Waals surface area contributed by atoms with E-state index in [0.29, 0.717) is 15.9 Å². The van der Waals surface area contributed by atoms with Crippen molar-refractivity contribution in [3.05, 3.63) is 120 Å². The van der Waals surface area contributed by atoms with Crippen LogP contribution >= 0.6 is 7.14 Å². The van der Waals surface area contributed by atoms with E-state index in [-0.39, 0.29) is 22.4 Å². The summed E-state index contributed by atoms with van der Waals surface area (Å²) < 4.78 is 14.4. The topological polar surface area (TPSA) is 121 Å². The van der Waals surface area contributed by atoms with Crippen molar-refractivity contribution in [3.8, 4) is 0 Å². The van der Waals surface area contributed by atoms with Crippen molar-refractivity contribution < 1.29 is 29.2 Å². The van der Waals surface area contributed by atoms with Gasteiger partial charge in [0.1, 0.15) is 0 Å². The number of carbonyl (C=O) groups is 3. The Kier molecular flexibility index (Phi) is 6.62. The van der Waals surface area contributed by atoms with Gasteiger partial charge in [0.2, 0.25) is 0 Å². The molecule has 8 heteroatoms. The molecule has 174 valence electrons. The van der Waals surface area contributed by atoms with Gasteiger partial charge in [0, 0.05) is 27.2 Å². The van der Waals surface area contributed by atoms with Gasteiger partial charge in [0.15, 0.2) is 7.14 Å². The van der Waals surface area contributed by atoms with Crippen LogP contribution in [0.15, 0.2) is 103 Å². The maximum absolute atomic E-state index is 14.4. The highest BCUT2D eigenvalue weighted by molar-refractivity contribution is 7.85. The van der Waals surface area contributed by atoms with Crippen LogP contribution in [-0.2, 0) is 4.57 Å². The highest BCUT2D eigenvalue weighted by Crippen LogP contribution is 2.42. The molecule has 0 aromatic heterocycles. The van der Waals surface area contributed by atoms with Gasteiger partial charge in [-0.1, -0.05) is 72.8 Å². The molecule has 3 N–H and O–H groups in total. The predicted molar refractivity (Wildman–Crippen MR) is 134 cm³/mol. The van der Waals surface area contributed by atoms with Crippen LogP contribution in [0.5, 0.6) is 0 Å². The molecule has 35 heavy (non-hydrogen) atoms. The zero-order chi connectivity index (χ0) is 25.0.